The summed E-state index contributed by atoms with van der Waals surface area (Å²) in [4.78, 5) is 36.1. The molecule has 2 aliphatic rings. The highest BCUT2D eigenvalue weighted by Gasteiger charge is 2.49. The Balaban J connectivity index is 2.20. The molecule has 0 saturated carbocycles. The number of hydrogen-bond donors (Lipinski definition) is 0. The van der Waals surface area contributed by atoms with E-state index >= 15 is 0 Å². The van der Waals surface area contributed by atoms with Gasteiger partial charge in [0.1, 0.15) is 6.61 Å². The van der Waals surface area contributed by atoms with Crippen LogP contribution < -0.4 is 0 Å². The average molecular weight is 310 g/mol. The number of fused-ring (bicyclic) bond motifs is 1. The smallest absolute Gasteiger partial charge is 0.334 e. The number of Topliss-reactive ketones (excluding diaryl/α,β-unsaturated/α-hetero) is 1. The van der Waals surface area contributed by atoms with E-state index in [2.05, 4.69) is 0 Å². The predicted molar refractivity (Wildman–Crippen MR) is 76.6 cm³/mol. The van der Waals surface area contributed by atoms with Crippen LogP contribution in [0.5, 0.6) is 0 Å². The maximum absolute atomic E-state index is 12.1. The van der Waals surface area contributed by atoms with Crippen LogP contribution in [0, 0.1) is 17.3 Å². The molecule has 3 atom stereocenters. The fourth-order valence-corrected chi connectivity index (χ4v) is 2.62. The monoisotopic (exact) mass is 310 g/mol. The number of allylic oxidation sites excluding steroid dienone is 1. The zero-order valence-electron chi connectivity index (χ0n) is 13.4. The molecule has 6 heteroatoms. The van der Waals surface area contributed by atoms with Gasteiger partial charge in [-0.25, -0.2) is 4.79 Å². The van der Waals surface area contributed by atoms with Gasteiger partial charge in [-0.1, -0.05) is 6.08 Å². The number of carbonyl (C=O) groups excluding carboxylic acids is 3. The Hall–Kier alpha value is -1.69. The van der Waals surface area contributed by atoms with Crippen LogP contribution in [-0.4, -0.2) is 37.2 Å². The normalized spacial score (nSPS) is 27.9. The lowest BCUT2D eigenvalue weighted by atomic mass is 9.85. The maximum Gasteiger partial charge on any atom is 0.334 e. The number of rotatable bonds is 3. The first-order valence-corrected chi connectivity index (χ1v) is 7.48. The molecule has 0 bridgehead atoms. The number of esters is 2. The molecule has 0 spiro atoms. The van der Waals surface area contributed by atoms with Gasteiger partial charge in [-0.2, -0.15) is 0 Å². The summed E-state index contributed by atoms with van der Waals surface area (Å²) in [5.74, 6) is -1.95. The molecule has 0 amide bonds. The van der Waals surface area contributed by atoms with E-state index in [1.54, 1.807) is 33.8 Å². The molecule has 0 aromatic carbocycles. The second-order valence-electron chi connectivity index (χ2n) is 6.55. The minimum atomic E-state index is -0.924. The summed E-state index contributed by atoms with van der Waals surface area (Å²) in [5.41, 5.74) is -0.321. The van der Waals surface area contributed by atoms with Crippen molar-refractivity contribution < 1.29 is 28.6 Å². The van der Waals surface area contributed by atoms with Crippen LogP contribution in [0.2, 0.25) is 0 Å². The topological polar surface area (TPSA) is 78.9 Å². The molecule has 0 aromatic rings. The van der Waals surface area contributed by atoms with E-state index in [0.29, 0.717) is 12.0 Å². The number of ketones is 1. The quantitative estimate of drug-likeness (QED) is 0.737. The van der Waals surface area contributed by atoms with E-state index in [0.717, 1.165) is 0 Å². The lowest BCUT2D eigenvalue weighted by Crippen LogP contribution is -2.46. The molecule has 0 unspecified atom stereocenters. The Morgan fingerprint density at radius 2 is 2.05 bits per heavy atom. The van der Waals surface area contributed by atoms with Gasteiger partial charge >= 0.3 is 11.9 Å². The Kier molecular flexibility index (Phi) is 4.70. The molecule has 122 valence electrons. The van der Waals surface area contributed by atoms with Crippen molar-refractivity contribution in [1.29, 1.82) is 0 Å². The van der Waals surface area contributed by atoms with Gasteiger partial charge < -0.3 is 14.2 Å². The highest BCUT2D eigenvalue weighted by atomic mass is 16.7. The highest BCUT2D eigenvalue weighted by molar-refractivity contribution is 5.94. The lowest BCUT2D eigenvalue weighted by Gasteiger charge is -2.34. The fraction of sp³-hybridized carbons (Fsp3) is 0.688. The van der Waals surface area contributed by atoms with Gasteiger partial charge in [-0.05, 0) is 34.1 Å². The summed E-state index contributed by atoms with van der Waals surface area (Å²) in [7, 11) is 0. The average Bonchev–Trinajstić information content (AvgIpc) is 2.87. The van der Waals surface area contributed by atoms with Crippen LogP contribution in [0.15, 0.2) is 11.6 Å². The Morgan fingerprint density at radius 1 is 1.36 bits per heavy atom. The SMILES string of the molecule is CCOC(=O)C1=CC[C@@H]2C(=O)CO[C@@H](OC(=O)C(C)(C)C)[C@H]12. The van der Waals surface area contributed by atoms with Crippen molar-refractivity contribution in [3.8, 4) is 0 Å². The summed E-state index contributed by atoms with van der Waals surface area (Å²) < 4.78 is 15.8. The van der Waals surface area contributed by atoms with E-state index in [-0.39, 0.29) is 24.9 Å². The number of ether oxygens (including phenoxy) is 3. The minimum Gasteiger partial charge on any atom is -0.463 e. The first kappa shape index (κ1) is 16.7. The second-order valence-corrected chi connectivity index (χ2v) is 6.55. The number of carbonyl (C=O) groups is 3. The Bertz CT molecular complexity index is 513. The first-order valence-electron chi connectivity index (χ1n) is 7.48. The summed E-state index contributed by atoms with van der Waals surface area (Å²) in [5, 5.41) is 0. The molecule has 0 N–H and O–H groups in total. The third kappa shape index (κ3) is 3.21. The van der Waals surface area contributed by atoms with Crippen molar-refractivity contribution in [2.45, 2.75) is 40.4 Å². The fourth-order valence-electron chi connectivity index (χ4n) is 2.62. The molecule has 0 aromatic heterocycles. The van der Waals surface area contributed by atoms with Gasteiger partial charge in [0.25, 0.3) is 0 Å². The van der Waals surface area contributed by atoms with Crippen LogP contribution in [-0.2, 0) is 28.6 Å². The third-order valence-corrected chi connectivity index (χ3v) is 3.83. The summed E-state index contributed by atoms with van der Waals surface area (Å²) >= 11 is 0. The summed E-state index contributed by atoms with van der Waals surface area (Å²) in [6.07, 6.45) is 1.22. The minimum absolute atomic E-state index is 0.0800. The van der Waals surface area contributed by atoms with Gasteiger partial charge in [0, 0.05) is 11.5 Å². The van der Waals surface area contributed by atoms with Gasteiger partial charge in [0.2, 0.25) is 6.29 Å². The lowest BCUT2D eigenvalue weighted by molar-refractivity contribution is -0.211. The molecule has 1 aliphatic heterocycles. The van der Waals surface area contributed by atoms with E-state index in [1.807, 2.05) is 0 Å². The molecule has 1 fully saturated rings. The highest BCUT2D eigenvalue weighted by Crippen LogP contribution is 2.40. The van der Waals surface area contributed by atoms with Crippen LogP contribution in [0.25, 0.3) is 0 Å². The van der Waals surface area contributed by atoms with Crippen LogP contribution in [0.4, 0.5) is 0 Å². The third-order valence-electron chi connectivity index (χ3n) is 3.83. The van der Waals surface area contributed by atoms with Gasteiger partial charge in [0.05, 0.1) is 17.9 Å². The van der Waals surface area contributed by atoms with Crippen LogP contribution >= 0.6 is 0 Å². The number of hydrogen-bond acceptors (Lipinski definition) is 6. The van der Waals surface area contributed by atoms with Crippen molar-refractivity contribution in [3.63, 3.8) is 0 Å². The largest absolute Gasteiger partial charge is 0.463 e. The van der Waals surface area contributed by atoms with Crippen LogP contribution in [0.3, 0.4) is 0 Å². The van der Waals surface area contributed by atoms with Crippen LogP contribution in [0.1, 0.15) is 34.1 Å². The molecule has 22 heavy (non-hydrogen) atoms. The molecular formula is C16H22O6. The van der Waals surface area contributed by atoms with E-state index in [4.69, 9.17) is 14.2 Å². The van der Waals surface area contributed by atoms with Gasteiger partial charge in [-0.15, -0.1) is 0 Å². The summed E-state index contributed by atoms with van der Waals surface area (Å²) in [6, 6.07) is 0. The predicted octanol–water partition coefficient (Wildman–Crippen LogP) is 1.63. The van der Waals surface area contributed by atoms with E-state index < -0.39 is 29.6 Å². The van der Waals surface area contributed by atoms with E-state index in [9.17, 15) is 14.4 Å². The zero-order valence-corrected chi connectivity index (χ0v) is 13.4. The van der Waals surface area contributed by atoms with Crippen molar-refractivity contribution in [2.75, 3.05) is 13.2 Å². The van der Waals surface area contributed by atoms with Crippen molar-refractivity contribution in [2.24, 2.45) is 17.3 Å². The zero-order chi connectivity index (χ0) is 16.5. The maximum atomic E-state index is 12.1. The molecule has 6 nitrogen and oxygen atoms in total. The molecule has 1 saturated heterocycles. The molecule has 1 heterocycles. The van der Waals surface area contributed by atoms with Gasteiger partial charge in [0.15, 0.2) is 5.78 Å². The Morgan fingerprint density at radius 3 is 2.64 bits per heavy atom. The molecular weight excluding hydrogens is 288 g/mol. The standard InChI is InChI=1S/C16H22O6/c1-5-20-13(18)10-7-6-9-11(17)8-21-14(12(9)10)22-15(19)16(2,3)4/h7,9,12,14H,5-6,8H2,1-4H3/t9-,12+,14+/m1/s1. The molecule has 1 aliphatic carbocycles. The van der Waals surface area contributed by atoms with Crippen molar-refractivity contribution >= 4 is 17.7 Å². The molecule has 2 rings (SSSR count). The van der Waals surface area contributed by atoms with Gasteiger partial charge in [-0.3, -0.25) is 9.59 Å². The van der Waals surface area contributed by atoms with Crippen molar-refractivity contribution in [3.05, 3.63) is 11.6 Å². The first-order chi connectivity index (χ1) is 10.3. The van der Waals surface area contributed by atoms with E-state index in [1.165, 1.54) is 0 Å². The second kappa shape index (κ2) is 6.20. The molecule has 0 radical (unpaired) electrons. The Labute approximate surface area is 129 Å². The van der Waals surface area contributed by atoms with Crippen molar-refractivity contribution in [1.82, 2.24) is 0 Å². The summed E-state index contributed by atoms with van der Waals surface area (Å²) in [6.45, 7) is 7.05.